The molecule has 0 spiro atoms. The molecule has 1 fully saturated rings. The van der Waals surface area contributed by atoms with Crippen LogP contribution in [0.5, 0.6) is 0 Å². The number of hydrogen-bond donors (Lipinski definition) is 1. The van der Waals surface area contributed by atoms with Crippen LogP contribution in [0, 0.1) is 16.7 Å². The summed E-state index contributed by atoms with van der Waals surface area (Å²) in [5.41, 5.74) is 3.56. The number of carbonyl (C=O) groups excluding carboxylic acids is 1. The Morgan fingerprint density at radius 1 is 1.16 bits per heavy atom. The molecule has 1 atom stereocenters. The number of likely N-dealkylation sites (tertiary alicyclic amines) is 1. The second kappa shape index (κ2) is 6.52. The van der Waals surface area contributed by atoms with Gasteiger partial charge in [-0.15, -0.1) is 0 Å². The Morgan fingerprint density at radius 2 is 1.84 bits per heavy atom. The summed E-state index contributed by atoms with van der Waals surface area (Å²) in [5, 5.41) is 17.3. The van der Waals surface area contributed by atoms with Crippen molar-refractivity contribution < 1.29 is 4.79 Å². The van der Waals surface area contributed by atoms with Gasteiger partial charge in [-0.1, -0.05) is 43.3 Å². The number of hydrogen-bond acceptors (Lipinski definition) is 3. The van der Waals surface area contributed by atoms with Crippen LogP contribution in [0.2, 0.25) is 0 Å². The van der Waals surface area contributed by atoms with Crippen LogP contribution in [-0.2, 0) is 10.2 Å². The Kier molecular flexibility index (Phi) is 4.41. The van der Waals surface area contributed by atoms with Crippen molar-refractivity contribution in [1.29, 1.82) is 10.7 Å². The van der Waals surface area contributed by atoms with Gasteiger partial charge in [0.1, 0.15) is 5.84 Å². The summed E-state index contributed by atoms with van der Waals surface area (Å²) in [6, 6.07) is 18.0. The van der Waals surface area contributed by atoms with Crippen LogP contribution in [0.15, 0.2) is 48.5 Å². The smallest absolute Gasteiger partial charge is 0.227 e. The third-order valence-corrected chi connectivity index (χ3v) is 5.11. The van der Waals surface area contributed by atoms with Crippen molar-refractivity contribution in [2.24, 2.45) is 0 Å². The first kappa shape index (κ1) is 16.9. The zero-order valence-electron chi connectivity index (χ0n) is 14.5. The fraction of sp³-hybridized carbons (Fsp3) is 0.286. The number of nitriles is 1. The van der Waals surface area contributed by atoms with Crippen LogP contribution in [-0.4, -0.2) is 23.7 Å². The topological polar surface area (TPSA) is 68.0 Å². The van der Waals surface area contributed by atoms with E-state index in [0.717, 1.165) is 23.1 Å². The predicted molar refractivity (Wildman–Crippen MR) is 98.3 cm³/mol. The van der Waals surface area contributed by atoms with Crippen molar-refractivity contribution >= 4 is 11.7 Å². The number of amides is 1. The third-order valence-electron chi connectivity index (χ3n) is 5.11. The van der Waals surface area contributed by atoms with Gasteiger partial charge in [0.15, 0.2) is 0 Å². The van der Waals surface area contributed by atoms with E-state index in [1.807, 2.05) is 30.3 Å². The summed E-state index contributed by atoms with van der Waals surface area (Å²) < 4.78 is 0. The minimum atomic E-state index is -0.250. The molecule has 0 bridgehead atoms. The van der Waals surface area contributed by atoms with E-state index in [2.05, 4.69) is 25.1 Å². The Hall–Kier alpha value is -2.93. The van der Waals surface area contributed by atoms with Crippen molar-refractivity contribution in [3.8, 4) is 17.2 Å². The molecule has 1 N–H and O–H groups in total. The van der Waals surface area contributed by atoms with E-state index in [1.165, 1.54) is 4.90 Å². The first-order valence-corrected chi connectivity index (χ1v) is 8.38. The van der Waals surface area contributed by atoms with E-state index in [1.54, 1.807) is 13.1 Å². The first-order chi connectivity index (χ1) is 11.9. The molecular weight excluding hydrogens is 310 g/mol. The van der Waals surface area contributed by atoms with Crippen molar-refractivity contribution in [2.45, 2.75) is 31.6 Å². The van der Waals surface area contributed by atoms with Crippen molar-refractivity contribution in [3.63, 3.8) is 0 Å². The lowest BCUT2D eigenvalue weighted by molar-refractivity contribution is -0.126. The van der Waals surface area contributed by atoms with Crippen molar-refractivity contribution in [1.82, 2.24) is 4.90 Å². The normalized spacial score (nSPS) is 20.9. The summed E-state index contributed by atoms with van der Waals surface area (Å²) in [6.07, 6.45) is 1.71. The van der Waals surface area contributed by atoms with Gasteiger partial charge in [-0.05, 0) is 40.7 Å². The molecule has 1 amide bonds. The molecule has 4 heteroatoms. The number of nitrogens with zero attached hydrogens (tertiary/aromatic N) is 2. The molecule has 1 heterocycles. The highest BCUT2D eigenvalue weighted by Gasteiger charge is 2.34. The Balaban J connectivity index is 1.99. The molecule has 2 aromatic rings. The fourth-order valence-corrected chi connectivity index (χ4v) is 3.37. The number of nitrogens with one attached hydrogen (secondary N) is 1. The van der Waals surface area contributed by atoms with Gasteiger partial charge in [-0.3, -0.25) is 10.2 Å². The quantitative estimate of drug-likeness (QED) is 0.900. The monoisotopic (exact) mass is 331 g/mol. The molecule has 25 heavy (non-hydrogen) atoms. The average molecular weight is 331 g/mol. The molecule has 0 unspecified atom stereocenters. The number of amidine groups is 1. The third kappa shape index (κ3) is 3.32. The molecular formula is C21H21N3O. The fourth-order valence-electron chi connectivity index (χ4n) is 3.37. The minimum Gasteiger partial charge on any atom is -0.304 e. The van der Waals surface area contributed by atoms with Crippen LogP contribution in [0.3, 0.4) is 0 Å². The molecule has 2 aromatic carbocycles. The summed E-state index contributed by atoms with van der Waals surface area (Å²) in [7, 11) is 1.68. The van der Waals surface area contributed by atoms with E-state index in [4.69, 9.17) is 10.7 Å². The zero-order valence-corrected chi connectivity index (χ0v) is 14.5. The largest absolute Gasteiger partial charge is 0.304 e. The van der Waals surface area contributed by atoms with E-state index in [-0.39, 0.29) is 11.3 Å². The van der Waals surface area contributed by atoms with Crippen LogP contribution in [0.4, 0.5) is 0 Å². The van der Waals surface area contributed by atoms with Crippen molar-refractivity contribution in [3.05, 3.63) is 59.7 Å². The molecule has 1 saturated heterocycles. The molecule has 0 aliphatic carbocycles. The van der Waals surface area contributed by atoms with Crippen LogP contribution in [0.1, 0.15) is 37.3 Å². The molecule has 1 aliphatic heterocycles. The summed E-state index contributed by atoms with van der Waals surface area (Å²) >= 11 is 0. The van der Waals surface area contributed by atoms with E-state index in [9.17, 15) is 4.79 Å². The van der Waals surface area contributed by atoms with Gasteiger partial charge in [0.2, 0.25) is 5.91 Å². The Bertz CT molecular complexity index is 881. The zero-order chi connectivity index (χ0) is 18.0. The van der Waals surface area contributed by atoms with Gasteiger partial charge < -0.3 is 4.90 Å². The predicted octanol–water partition coefficient (Wildman–Crippen LogP) is 4.10. The molecule has 0 aromatic heterocycles. The molecule has 0 radical (unpaired) electrons. The summed E-state index contributed by atoms with van der Waals surface area (Å²) in [5.74, 6) is 0.369. The second-order valence-electron chi connectivity index (χ2n) is 6.91. The van der Waals surface area contributed by atoms with Gasteiger partial charge in [-0.25, -0.2) is 0 Å². The van der Waals surface area contributed by atoms with E-state index in [0.29, 0.717) is 24.2 Å². The molecule has 126 valence electrons. The number of benzene rings is 2. The van der Waals surface area contributed by atoms with Crippen LogP contribution < -0.4 is 0 Å². The SMILES string of the molecule is CN1C(=N)C[C@](C)(c2cccc(-c3cccc(C#N)c3)c2)CCC1=O. The summed E-state index contributed by atoms with van der Waals surface area (Å²) in [6.45, 7) is 2.12. The standard InChI is InChI=1S/C21H21N3O/c1-21(10-9-20(25)24(2)19(23)13-21)18-8-4-7-17(12-18)16-6-3-5-15(11-16)14-22/h3-8,11-12,23H,9-10,13H2,1-2H3/t21-/m1/s1. The second-order valence-corrected chi connectivity index (χ2v) is 6.91. The minimum absolute atomic E-state index is 0.00611. The first-order valence-electron chi connectivity index (χ1n) is 8.38. The average Bonchev–Trinajstić information content (AvgIpc) is 2.74. The maximum atomic E-state index is 12.1. The lowest BCUT2D eigenvalue weighted by Gasteiger charge is -2.29. The van der Waals surface area contributed by atoms with E-state index < -0.39 is 0 Å². The van der Waals surface area contributed by atoms with Gasteiger partial charge in [0.05, 0.1) is 11.6 Å². The molecule has 0 saturated carbocycles. The highest BCUT2D eigenvalue weighted by atomic mass is 16.2. The highest BCUT2D eigenvalue weighted by Crippen LogP contribution is 2.37. The van der Waals surface area contributed by atoms with Gasteiger partial charge in [0.25, 0.3) is 0 Å². The lowest BCUT2D eigenvalue weighted by Crippen LogP contribution is -2.32. The van der Waals surface area contributed by atoms with Gasteiger partial charge in [-0.2, -0.15) is 5.26 Å². The van der Waals surface area contributed by atoms with Crippen LogP contribution in [0.25, 0.3) is 11.1 Å². The van der Waals surface area contributed by atoms with E-state index >= 15 is 0 Å². The molecule has 1 aliphatic rings. The highest BCUT2D eigenvalue weighted by molar-refractivity contribution is 5.98. The maximum Gasteiger partial charge on any atom is 0.227 e. The lowest BCUT2D eigenvalue weighted by atomic mass is 9.75. The number of carbonyl (C=O) groups is 1. The van der Waals surface area contributed by atoms with Crippen molar-refractivity contribution in [2.75, 3.05) is 7.05 Å². The number of rotatable bonds is 2. The maximum absolute atomic E-state index is 12.1. The molecule has 3 rings (SSSR count). The van der Waals surface area contributed by atoms with Crippen LogP contribution >= 0.6 is 0 Å². The van der Waals surface area contributed by atoms with Gasteiger partial charge >= 0.3 is 0 Å². The summed E-state index contributed by atoms with van der Waals surface area (Å²) in [4.78, 5) is 13.5. The Labute approximate surface area is 148 Å². The Morgan fingerprint density at radius 3 is 2.56 bits per heavy atom. The molecule has 4 nitrogen and oxygen atoms in total. The van der Waals surface area contributed by atoms with Gasteiger partial charge in [0, 0.05) is 19.9 Å².